The number of likely N-dealkylation sites (tertiary alicyclic amines) is 1. The van der Waals surface area contributed by atoms with Gasteiger partial charge in [0.2, 0.25) is 0 Å². The maximum Gasteiger partial charge on any atom is 0.0697 e. The van der Waals surface area contributed by atoms with Crippen molar-refractivity contribution in [3.8, 4) is 0 Å². The van der Waals surface area contributed by atoms with Crippen LogP contribution in [-0.2, 0) is 4.74 Å². The second kappa shape index (κ2) is 4.46. The van der Waals surface area contributed by atoms with Gasteiger partial charge in [0, 0.05) is 25.7 Å². The predicted octanol–water partition coefficient (Wildman–Crippen LogP) is 1.63. The Morgan fingerprint density at radius 2 is 1.78 bits per heavy atom. The van der Waals surface area contributed by atoms with Gasteiger partial charge in [-0.3, -0.25) is 4.90 Å². The fourth-order valence-electron chi connectivity index (χ4n) is 4.87. The maximum absolute atomic E-state index is 6.17. The van der Waals surface area contributed by atoms with Crippen LogP contribution in [0.2, 0.25) is 0 Å². The van der Waals surface area contributed by atoms with E-state index in [-0.39, 0.29) is 0 Å². The van der Waals surface area contributed by atoms with Crippen molar-refractivity contribution in [1.29, 1.82) is 0 Å². The standard InChI is InChI=1S/C15H26N2O/c1-2-5-15(4-1)7-14(3-6-18-15)17-10-12-8-16-9-13(12)11-17/h12-14,16H,1-11H2. The monoisotopic (exact) mass is 250 g/mol. The average molecular weight is 250 g/mol. The first-order valence-corrected chi connectivity index (χ1v) is 7.93. The summed E-state index contributed by atoms with van der Waals surface area (Å²) >= 11 is 0. The van der Waals surface area contributed by atoms with Gasteiger partial charge in [-0.25, -0.2) is 0 Å². The summed E-state index contributed by atoms with van der Waals surface area (Å²) in [6, 6.07) is 0.822. The first-order chi connectivity index (χ1) is 8.85. The molecule has 3 aliphatic heterocycles. The number of nitrogens with zero attached hydrogens (tertiary/aromatic N) is 1. The SMILES string of the molecule is C1CCC2(C1)CC(N1CC3CNCC3C1)CCO2. The summed E-state index contributed by atoms with van der Waals surface area (Å²) in [5, 5.41) is 3.54. The molecule has 0 aromatic rings. The molecule has 1 saturated carbocycles. The lowest BCUT2D eigenvalue weighted by Crippen LogP contribution is -2.47. The fourth-order valence-corrected chi connectivity index (χ4v) is 4.87. The first kappa shape index (κ1) is 11.7. The summed E-state index contributed by atoms with van der Waals surface area (Å²) in [5.74, 6) is 1.87. The zero-order valence-corrected chi connectivity index (χ0v) is 11.4. The van der Waals surface area contributed by atoms with Gasteiger partial charge >= 0.3 is 0 Å². The van der Waals surface area contributed by atoms with Crippen molar-refractivity contribution in [2.75, 3.05) is 32.8 Å². The Morgan fingerprint density at radius 1 is 1.06 bits per heavy atom. The largest absolute Gasteiger partial charge is 0.375 e. The van der Waals surface area contributed by atoms with Crippen molar-refractivity contribution in [2.24, 2.45) is 11.8 Å². The Balaban J connectivity index is 1.42. The Labute approximate surface area is 110 Å². The van der Waals surface area contributed by atoms with Crippen LogP contribution in [0.1, 0.15) is 38.5 Å². The van der Waals surface area contributed by atoms with E-state index in [0.717, 1.165) is 24.5 Å². The number of hydrogen-bond acceptors (Lipinski definition) is 3. The van der Waals surface area contributed by atoms with Gasteiger partial charge in [0.15, 0.2) is 0 Å². The summed E-state index contributed by atoms with van der Waals surface area (Å²) in [6.07, 6.45) is 8.02. The lowest BCUT2D eigenvalue weighted by atomic mass is 9.88. The number of ether oxygens (including phenoxy) is 1. The average Bonchev–Trinajstić information content (AvgIpc) is 3.04. The van der Waals surface area contributed by atoms with Gasteiger partial charge in [0.1, 0.15) is 0 Å². The third-order valence-electron chi connectivity index (χ3n) is 5.92. The molecule has 0 radical (unpaired) electrons. The second-order valence-corrected chi connectivity index (χ2v) is 7.02. The molecular formula is C15H26N2O. The molecular weight excluding hydrogens is 224 g/mol. The molecule has 3 heterocycles. The van der Waals surface area contributed by atoms with Gasteiger partial charge in [-0.05, 0) is 50.6 Å². The summed E-state index contributed by atoms with van der Waals surface area (Å²) in [4.78, 5) is 2.80. The van der Waals surface area contributed by atoms with E-state index in [4.69, 9.17) is 4.74 Å². The van der Waals surface area contributed by atoms with Crippen LogP contribution in [0.4, 0.5) is 0 Å². The van der Waals surface area contributed by atoms with Crippen LogP contribution in [0.5, 0.6) is 0 Å². The van der Waals surface area contributed by atoms with Crippen LogP contribution in [0, 0.1) is 11.8 Å². The molecule has 0 aromatic carbocycles. The Hall–Kier alpha value is -0.120. The maximum atomic E-state index is 6.17. The number of nitrogens with one attached hydrogen (secondary N) is 1. The Morgan fingerprint density at radius 3 is 2.50 bits per heavy atom. The molecule has 4 fully saturated rings. The van der Waals surface area contributed by atoms with Gasteiger partial charge in [0.05, 0.1) is 5.60 Å². The van der Waals surface area contributed by atoms with Crippen LogP contribution in [-0.4, -0.2) is 49.3 Å². The highest BCUT2D eigenvalue weighted by Gasteiger charge is 2.45. The zero-order chi connectivity index (χ0) is 12.0. The van der Waals surface area contributed by atoms with Crippen molar-refractivity contribution < 1.29 is 4.74 Å². The summed E-state index contributed by atoms with van der Waals surface area (Å²) < 4.78 is 6.17. The van der Waals surface area contributed by atoms with E-state index >= 15 is 0 Å². The van der Waals surface area contributed by atoms with Crippen molar-refractivity contribution >= 4 is 0 Å². The Kier molecular flexibility index (Phi) is 2.90. The molecule has 0 bridgehead atoms. The van der Waals surface area contributed by atoms with Gasteiger partial charge in [-0.1, -0.05) is 12.8 Å². The third-order valence-corrected chi connectivity index (χ3v) is 5.92. The zero-order valence-electron chi connectivity index (χ0n) is 11.4. The van der Waals surface area contributed by atoms with Crippen LogP contribution in [0.15, 0.2) is 0 Å². The third kappa shape index (κ3) is 1.91. The molecule has 1 aliphatic carbocycles. The molecule has 0 aromatic heterocycles. The van der Waals surface area contributed by atoms with Crippen LogP contribution >= 0.6 is 0 Å². The van der Waals surface area contributed by atoms with Gasteiger partial charge in [-0.15, -0.1) is 0 Å². The van der Waals surface area contributed by atoms with Gasteiger partial charge in [-0.2, -0.15) is 0 Å². The minimum atomic E-state index is 0.291. The highest BCUT2D eigenvalue weighted by Crippen LogP contribution is 2.42. The normalized spacial score (nSPS) is 43.7. The summed E-state index contributed by atoms with van der Waals surface area (Å²) in [6.45, 7) is 6.22. The van der Waals surface area contributed by atoms with E-state index in [2.05, 4.69) is 10.2 Å². The molecule has 18 heavy (non-hydrogen) atoms. The smallest absolute Gasteiger partial charge is 0.0697 e. The number of hydrogen-bond donors (Lipinski definition) is 1. The van der Waals surface area contributed by atoms with E-state index in [1.807, 2.05) is 0 Å². The minimum Gasteiger partial charge on any atom is -0.375 e. The van der Waals surface area contributed by atoms with Crippen molar-refractivity contribution in [3.63, 3.8) is 0 Å². The summed E-state index contributed by atoms with van der Waals surface area (Å²) in [5.41, 5.74) is 0.291. The lowest BCUT2D eigenvalue weighted by molar-refractivity contribution is -0.0998. The Bertz CT molecular complexity index is 302. The van der Waals surface area contributed by atoms with Crippen molar-refractivity contribution in [1.82, 2.24) is 10.2 Å². The number of rotatable bonds is 1. The van der Waals surface area contributed by atoms with Gasteiger partial charge in [0.25, 0.3) is 0 Å². The molecule has 1 N–H and O–H groups in total. The molecule has 4 aliphatic rings. The predicted molar refractivity (Wildman–Crippen MR) is 71.6 cm³/mol. The quantitative estimate of drug-likeness (QED) is 0.765. The van der Waals surface area contributed by atoms with E-state index in [1.54, 1.807) is 0 Å². The highest BCUT2D eigenvalue weighted by atomic mass is 16.5. The molecule has 4 rings (SSSR count). The molecule has 3 heteroatoms. The molecule has 3 saturated heterocycles. The highest BCUT2D eigenvalue weighted by molar-refractivity contribution is 4.98. The number of fused-ring (bicyclic) bond motifs is 1. The molecule has 3 atom stereocenters. The molecule has 3 nitrogen and oxygen atoms in total. The van der Waals surface area contributed by atoms with E-state index in [1.165, 1.54) is 64.7 Å². The van der Waals surface area contributed by atoms with E-state index in [0.29, 0.717) is 5.60 Å². The van der Waals surface area contributed by atoms with Gasteiger partial charge < -0.3 is 10.1 Å². The first-order valence-electron chi connectivity index (χ1n) is 7.93. The van der Waals surface area contributed by atoms with Crippen LogP contribution in [0.3, 0.4) is 0 Å². The summed E-state index contributed by atoms with van der Waals surface area (Å²) in [7, 11) is 0. The lowest BCUT2D eigenvalue weighted by Gasteiger charge is -2.42. The van der Waals surface area contributed by atoms with E-state index in [9.17, 15) is 0 Å². The van der Waals surface area contributed by atoms with Crippen LogP contribution in [0.25, 0.3) is 0 Å². The van der Waals surface area contributed by atoms with Crippen LogP contribution < -0.4 is 5.32 Å². The second-order valence-electron chi connectivity index (χ2n) is 7.02. The van der Waals surface area contributed by atoms with Crippen molar-refractivity contribution in [2.45, 2.75) is 50.2 Å². The molecule has 3 unspecified atom stereocenters. The topological polar surface area (TPSA) is 24.5 Å². The molecule has 0 amide bonds. The molecule has 1 spiro atoms. The fraction of sp³-hybridized carbons (Fsp3) is 1.00. The molecule has 102 valence electrons. The minimum absolute atomic E-state index is 0.291. The van der Waals surface area contributed by atoms with Crippen molar-refractivity contribution in [3.05, 3.63) is 0 Å². The van der Waals surface area contributed by atoms with E-state index < -0.39 is 0 Å².